The van der Waals surface area contributed by atoms with Crippen molar-refractivity contribution in [1.82, 2.24) is 10.2 Å². The van der Waals surface area contributed by atoms with E-state index in [1.165, 1.54) is 4.90 Å². The number of hydrogen-bond donors (Lipinski definition) is 1. The highest BCUT2D eigenvalue weighted by Gasteiger charge is 2.51. The van der Waals surface area contributed by atoms with Gasteiger partial charge in [-0.15, -0.1) is 0 Å². The summed E-state index contributed by atoms with van der Waals surface area (Å²) in [7, 11) is 0. The largest absolute Gasteiger partial charge is 0.492 e. The van der Waals surface area contributed by atoms with Gasteiger partial charge in [-0.25, -0.2) is 4.79 Å². The summed E-state index contributed by atoms with van der Waals surface area (Å²) in [6, 6.07) is 17.7. The number of imide groups is 1. The Bertz CT molecular complexity index is 858. The molecule has 0 saturated carbocycles. The van der Waals surface area contributed by atoms with Crippen LogP contribution < -0.4 is 10.1 Å². The third kappa shape index (κ3) is 3.63. The van der Waals surface area contributed by atoms with Crippen LogP contribution in [-0.4, -0.2) is 30.0 Å². The minimum absolute atomic E-state index is 0.156. The molecule has 3 rings (SSSR count). The van der Waals surface area contributed by atoms with Crippen LogP contribution in [0.2, 0.25) is 0 Å². The zero-order valence-electron chi connectivity index (χ0n) is 15.1. The number of urea groups is 1. The molecule has 2 aromatic carbocycles. The molecule has 1 atom stereocenters. The second kappa shape index (κ2) is 7.92. The van der Waals surface area contributed by atoms with Crippen molar-refractivity contribution in [2.45, 2.75) is 25.3 Å². The molecule has 6 nitrogen and oxygen atoms in total. The van der Waals surface area contributed by atoms with E-state index in [1.54, 1.807) is 24.3 Å². The van der Waals surface area contributed by atoms with Gasteiger partial charge >= 0.3 is 6.03 Å². The van der Waals surface area contributed by atoms with E-state index in [4.69, 9.17) is 10.00 Å². The molecule has 1 N–H and O–H groups in total. The molecule has 0 aliphatic carbocycles. The molecule has 3 amide bonds. The molecule has 1 fully saturated rings. The van der Waals surface area contributed by atoms with Crippen molar-refractivity contribution in [2.24, 2.45) is 0 Å². The molecule has 1 saturated heterocycles. The lowest BCUT2D eigenvalue weighted by molar-refractivity contribution is -0.132. The molecule has 1 heterocycles. The van der Waals surface area contributed by atoms with E-state index < -0.39 is 11.6 Å². The maximum atomic E-state index is 13.1. The molecular weight excluding hydrogens is 342 g/mol. The highest BCUT2D eigenvalue weighted by atomic mass is 16.5. The van der Waals surface area contributed by atoms with E-state index in [1.807, 2.05) is 43.3 Å². The first kappa shape index (κ1) is 18.5. The van der Waals surface area contributed by atoms with E-state index in [-0.39, 0.29) is 19.1 Å². The fourth-order valence-corrected chi connectivity index (χ4v) is 3.32. The van der Waals surface area contributed by atoms with Gasteiger partial charge in [0.2, 0.25) is 0 Å². The van der Waals surface area contributed by atoms with E-state index in [9.17, 15) is 9.59 Å². The molecule has 27 heavy (non-hydrogen) atoms. The lowest BCUT2D eigenvalue weighted by Gasteiger charge is -2.27. The Balaban J connectivity index is 1.70. The zero-order valence-corrected chi connectivity index (χ0v) is 15.1. The van der Waals surface area contributed by atoms with Gasteiger partial charge in [0, 0.05) is 0 Å². The number of rotatable bonds is 7. The fourth-order valence-electron chi connectivity index (χ4n) is 3.32. The van der Waals surface area contributed by atoms with Gasteiger partial charge < -0.3 is 10.1 Å². The first-order chi connectivity index (χ1) is 13.1. The molecule has 6 heteroatoms. The number of carbonyl (C=O) groups is 2. The monoisotopic (exact) mass is 363 g/mol. The number of carbonyl (C=O) groups excluding carboxylic acids is 2. The number of amides is 3. The first-order valence-electron chi connectivity index (χ1n) is 8.93. The number of benzene rings is 2. The lowest BCUT2D eigenvalue weighted by atomic mass is 9.85. The minimum atomic E-state index is -1.01. The number of ether oxygens (including phenoxy) is 1. The van der Waals surface area contributed by atoms with Crippen LogP contribution >= 0.6 is 0 Å². The van der Waals surface area contributed by atoms with Crippen LogP contribution in [0.3, 0.4) is 0 Å². The van der Waals surface area contributed by atoms with E-state index >= 15 is 0 Å². The summed E-state index contributed by atoms with van der Waals surface area (Å²) in [5, 5.41) is 11.7. The van der Waals surface area contributed by atoms with Crippen molar-refractivity contribution in [1.29, 1.82) is 5.26 Å². The predicted octanol–water partition coefficient (Wildman–Crippen LogP) is 3.18. The summed E-state index contributed by atoms with van der Waals surface area (Å²) in [6.07, 6.45) is 1.30. The minimum Gasteiger partial charge on any atom is -0.492 e. The molecule has 0 bridgehead atoms. The van der Waals surface area contributed by atoms with Crippen LogP contribution in [0.25, 0.3) is 0 Å². The Morgan fingerprint density at radius 1 is 1.11 bits per heavy atom. The second-order valence-corrected chi connectivity index (χ2v) is 6.39. The molecule has 0 radical (unpaired) electrons. The highest BCUT2D eigenvalue weighted by Crippen LogP contribution is 2.33. The van der Waals surface area contributed by atoms with Crippen molar-refractivity contribution in [3.63, 3.8) is 0 Å². The third-order valence-electron chi connectivity index (χ3n) is 4.63. The van der Waals surface area contributed by atoms with Crippen LogP contribution in [-0.2, 0) is 10.3 Å². The van der Waals surface area contributed by atoms with Gasteiger partial charge in [0.1, 0.15) is 17.9 Å². The normalized spacial score (nSPS) is 18.9. The lowest BCUT2D eigenvalue weighted by Crippen LogP contribution is -2.44. The maximum Gasteiger partial charge on any atom is 0.325 e. The molecule has 138 valence electrons. The SMILES string of the molecule is CCCC1(c2ccccc2)NC(=O)N(CCOc2ccc(C#N)cc2)C1=O. The third-order valence-corrected chi connectivity index (χ3v) is 4.63. The number of hydrogen-bond acceptors (Lipinski definition) is 4. The number of nitriles is 1. The summed E-state index contributed by atoms with van der Waals surface area (Å²) in [5.41, 5.74) is 0.325. The summed E-state index contributed by atoms with van der Waals surface area (Å²) in [4.78, 5) is 26.8. The molecule has 1 aliphatic rings. The van der Waals surface area contributed by atoms with Gasteiger partial charge in [-0.3, -0.25) is 9.69 Å². The highest BCUT2D eigenvalue weighted by molar-refractivity contribution is 6.07. The molecule has 1 unspecified atom stereocenters. The molecule has 0 aromatic heterocycles. The first-order valence-corrected chi connectivity index (χ1v) is 8.93. The smallest absolute Gasteiger partial charge is 0.325 e. The van der Waals surface area contributed by atoms with E-state index in [2.05, 4.69) is 5.32 Å². The summed E-state index contributed by atoms with van der Waals surface area (Å²) >= 11 is 0. The average Bonchev–Trinajstić information content (AvgIpc) is 2.94. The number of nitrogens with zero attached hydrogens (tertiary/aromatic N) is 2. The van der Waals surface area contributed by atoms with E-state index in [0.29, 0.717) is 17.7 Å². The van der Waals surface area contributed by atoms with Crippen LogP contribution in [0.5, 0.6) is 5.75 Å². The maximum absolute atomic E-state index is 13.1. The summed E-state index contributed by atoms with van der Waals surface area (Å²) in [6.45, 7) is 2.33. The van der Waals surface area contributed by atoms with Crippen molar-refractivity contribution in [2.75, 3.05) is 13.2 Å². The van der Waals surface area contributed by atoms with Gasteiger partial charge in [0.05, 0.1) is 18.2 Å². The van der Waals surface area contributed by atoms with Crippen molar-refractivity contribution < 1.29 is 14.3 Å². The van der Waals surface area contributed by atoms with Crippen LogP contribution in [0.4, 0.5) is 4.79 Å². The number of nitrogens with one attached hydrogen (secondary N) is 1. The van der Waals surface area contributed by atoms with Crippen LogP contribution in [0.1, 0.15) is 30.9 Å². The summed E-state index contributed by atoms with van der Waals surface area (Å²) < 4.78 is 5.61. The van der Waals surface area contributed by atoms with Crippen molar-refractivity contribution >= 4 is 11.9 Å². The molecule has 0 spiro atoms. The zero-order chi connectivity index (χ0) is 19.3. The Kier molecular flexibility index (Phi) is 5.41. The fraction of sp³-hybridized carbons (Fsp3) is 0.286. The quantitative estimate of drug-likeness (QED) is 0.766. The van der Waals surface area contributed by atoms with Gasteiger partial charge in [0.15, 0.2) is 0 Å². The van der Waals surface area contributed by atoms with Crippen LogP contribution in [0, 0.1) is 11.3 Å². The van der Waals surface area contributed by atoms with Crippen LogP contribution in [0.15, 0.2) is 54.6 Å². The van der Waals surface area contributed by atoms with Gasteiger partial charge in [-0.1, -0.05) is 43.7 Å². The molecular formula is C21H21N3O3. The van der Waals surface area contributed by atoms with Crippen molar-refractivity contribution in [3.05, 3.63) is 65.7 Å². The standard InChI is InChI=1S/C21H21N3O3/c1-2-12-21(17-6-4-3-5-7-17)19(25)24(20(26)23-21)13-14-27-18-10-8-16(15-22)9-11-18/h3-11H,2,12-14H2,1H3,(H,23,26). The molecule has 2 aromatic rings. The Labute approximate surface area is 158 Å². The van der Waals surface area contributed by atoms with E-state index in [0.717, 1.165) is 12.0 Å². The molecule has 1 aliphatic heterocycles. The predicted molar refractivity (Wildman–Crippen MR) is 99.9 cm³/mol. The summed E-state index contributed by atoms with van der Waals surface area (Å²) in [5.74, 6) is 0.341. The van der Waals surface area contributed by atoms with Gasteiger partial charge in [-0.05, 0) is 36.2 Å². The average molecular weight is 363 g/mol. The Hall–Kier alpha value is -3.33. The second-order valence-electron chi connectivity index (χ2n) is 6.39. The van der Waals surface area contributed by atoms with Crippen molar-refractivity contribution in [3.8, 4) is 11.8 Å². The topological polar surface area (TPSA) is 82.4 Å². The Morgan fingerprint density at radius 2 is 1.81 bits per heavy atom. The van der Waals surface area contributed by atoms with Gasteiger partial charge in [-0.2, -0.15) is 5.26 Å². The Morgan fingerprint density at radius 3 is 2.44 bits per heavy atom. The van der Waals surface area contributed by atoms with Gasteiger partial charge in [0.25, 0.3) is 5.91 Å².